The number of aryl methyl sites for hydroxylation is 1. The Balaban J connectivity index is 2.69. The Morgan fingerprint density at radius 1 is 1.30 bits per heavy atom. The summed E-state index contributed by atoms with van der Waals surface area (Å²) in [5.41, 5.74) is 2.01. The van der Waals surface area contributed by atoms with Crippen LogP contribution in [0.25, 0.3) is 0 Å². The van der Waals surface area contributed by atoms with Gasteiger partial charge in [-0.05, 0) is 31.7 Å². The van der Waals surface area contributed by atoms with Crippen molar-refractivity contribution in [2.45, 2.75) is 33.1 Å². The van der Waals surface area contributed by atoms with E-state index >= 15 is 0 Å². The zero-order valence-corrected chi connectivity index (χ0v) is 12.8. The lowest BCUT2D eigenvalue weighted by atomic mass is 9.96. The van der Waals surface area contributed by atoms with E-state index in [1.807, 2.05) is 31.2 Å². The summed E-state index contributed by atoms with van der Waals surface area (Å²) in [7, 11) is -3.12. The number of rotatable bonds is 8. The third kappa shape index (κ3) is 5.74. The van der Waals surface area contributed by atoms with E-state index in [0.717, 1.165) is 11.1 Å². The molecule has 0 saturated carbocycles. The SMILES string of the molecule is CCCS(=O)(=O)CCC(Cc1cccc(C)c1)C(=O)O. The Hall–Kier alpha value is -1.36. The summed E-state index contributed by atoms with van der Waals surface area (Å²) < 4.78 is 23.3. The predicted molar refractivity (Wildman–Crippen MR) is 79.6 cm³/mol. The van der Waals surface area contributed by atoms with E-state index in [9.17, 15) is 18.3 Å². The molecule has 1 aromatic rings. The standard InChI is InChI=1S/C15H22O4S/c1-3-8-20(18,19)9-7-14(15(16)17)11-13-6-4-5-12(2)10-13/h4-6,10,14H,3,7-9,11H2,1-2H3,(H,16,17). The van der Waals surface area contributed by atoms with Gasteiger partial charge in [0.1, 0.15) is 9.84 Å². The van der Waals surface area contributed by atoms with Gasteiger partial charge >= 0.3 is 5.97 Å². The summed E-state index contributed by atoms with van der Waals surface area (Å²) in [5.74, 6) is -1.51. The number of carbonyl (C=O) groups is 1. The number of sulfone groups is 1. The molecule has 0 bridgehead atoms. The lowest BCUT2D eigenvalue weighted by Gasteiger charge is -2.13. The number of carboxylic acid groups (broad SMARTS) is 1. The van der Waals surface area contributed by atoms with Crippen molar-refractivity contribution in [2.24, 2.45) is 5.92 Å². The van der Waals surface area contributed by atoms with Crippen LogP contribution in [-0.4, -0.2) is 31.0 Å². The van der Waals surface area contributed by atoms with Crippen LogP contribution in [0.15, 0.2) is 24.3 Å². The van der Waals surface area contributed by atoms with Crippen molar-refractivity contribution in [1.82, 2.24) is 0 Å². The summed E-state index contributed by atoms with van der Waals surface area (Å²) in [6, 6.07) is 7.66. The van der Waals surface area contributed by atoms with Crippen LogP contribution in [0.3, 0.4) is 0 Å². The summed E-state index contributed by atoms with van der Waals surface area (Å²) in [6.07, 6.45) is 1.11. The molecule has 0 amide bonds. The molecule has 0 aliphatic carbocycles. The summed E-state index contributed by atoms with van der Waals surface area (Å²) in [6.45, 7) is 3.75. The minimum absolute atomic E-state index is 0.0520. The predicted octanol–water partition coefficient (Wildman–Crippen LogP) is 2.45. The van der Waals surface area contributed by atoms with Crippen molar-refractivity contribution in [3.05, 3.63) is 35.4 Å². The van der Waals surface area contributed by atoms with Gasteiger partial charge in [0, 0.05) is 5.75 Å². The van der Waals surface area contributed by atoms with Gasteiger partial charge in [0.25, 0.3) is 0 Å². The summed E-state index contributed by atoms with van der Waals surface area (Å²) in [5, 5.41) is 9.24. The second kappa shape index (κ2) is 7.43. The Morgan fingerprint density at radius 2 is 2.00 bits per heavy atom. The van der Waals surface area contributed by atoms with Gasteiger partial charge in [-0.3, -0.25) is 4.79 Å². The molecule has 0 aliphatic rings. The molecule has 0 saturated heterocycles. The van der Waals surface area contributed by atoms with Crippen LogP contribution in [0.5, 0.6) is 0 Å². The molecule has 1 atom stereocenters. The molecule has 20 heavy (non-hydrogen) atoms. The molecule has 0 fully saturated rings. The van der Waals surface area contributed by atoms with Crippen LogP contribution >= 0.6 is 0 Å². The highest BCUT2D eigenvalue weighted by Crippen LogP contribution is 2.15. The number of aliphatic carboxylic acids is 1. The van der Waals surface area contributed by atoms with Crippen LogP contribution in [0, 0.1) is 12.8 Å². The van der Waals surface area contributed by atoms with Gasteiger partial charge in [0.2, 0.25) is 0 Å². The molecule has 0 heterocycles. The van der Waals surface area contributed by atoms with E-state index in [1.165, 1.54) is 0 Å². The molecule has 4 nitrogen and oxygen atoms in total. The first-order valence-electron chi connectivity index (χ1n) is 6.83. The minimum atomic E-state index is -3.12. The summed E-state index contributed by atoms with van der Waals surface area (Å²) >= 11 is 0. The van der Waals surface area contributed by atoms with E-state index < -0.39 is 21.7 Å². The van der Waals surface area contributed by atoms with Crippen LogP contribution < -0.4 is 0 Å². The van der Waals surface area contributed by atoms with Gasteiger partial charge in [-0.1, -0.05) is 36.8 Å². The van der Waals surface area contributed by atoms with E-state index in [0.29, 0.717) is 12.8 Å². The van der Waals surface area contributed by atoms with Crippen molar-refractivity contribution in [3.8, 4) is 0 Å². The van der Waals surface area contributed by atoms with E-state index in [2.05, 4.69) is 0 Å². The zero-order chi connectivity index (χ0) is 15.2. The lowest BCUT2D eigenvalue weighted by Crippen LogP contribution is -2.21. The second-order valence-corrected chi connectivity index (χ2v) is 7.47. The third-order valence-corrected chi connectivity index (χ3v) is 5.09. The highest BCUT2D eigenvalue weighted by molar-refractivity contribution is 7.91. The van der Waals surface area contributed by atoms with Crippen molar-refractivity contribution in [3.63, 3.8) is 0 Å². The van der Waals surface area contributed by atoms with Gasteiger partial charge in [0.15, 0.2) is 0 Å². The maximum absolute atomic E-state index is 11.7. The Labute approximate surface area is 120 Å². The largest absolute Gasteiger partial charge is 0.481 e. The average molecular weight is 298 g/mol. The van der Waals surface area contributed by atoms with Gasteiger partial charge < -0.3 is 5.11 Å². The topological polar surface area (TPSA) is 71.4 Å². The fourth-order valence-corrected chi connectivity index (χ4v) is 3.64. The van der Waals surface area contributed by atoms with Gasteiger partial charge in [-0.2, -0.15) is 0 Å². The number of benzene rings is 1. The van der Waals surface area contributed by atoms with Crippen molar-refractivity contribution >= 4 is 15.8 Å². The molecule has 1 N–H and O–H groups in total. The Bertz CT molecular complexity index is 549. The molecule has 0 aliphatic heterocycles. The molecule has 1 rings (SSSR count). The second-order valence-electron chi connectivity index (χ2n) is 5.17. The van der Waals surface area contributed by atoms with Crippen LogP contribution in [0.4, 0.5) is 0 Å². The number of hydrogen-bond donors (Lipinski definition) is 1. The molecular formula is C15H22O4S. The van der Waals surface area contributed by atoms with Crippen molar-refractivity contribution in [2.75, 3.05) is 11.5 Å². The Morgan fingerprint density at radius 3 is 2.55 bits per heavy atom. The van der Waals surface area contributed by atoms with Gasteiger partial charge in [-0.25, -0.2) is 8.42 Å². The van der Waals surface area contributed by atoms with E-state index in [-0.39, 0.29) is 17.9 Å². The first kappa shape index (κ1) is 16.7. The van der Waals surface area contributed by atoms with Crippen LogP contribution in [0.1, 0.15) is 30.9 Å². The van der Waals surface area contributed by atoms with Crippen molar-refractivity contribution in [1.29, 1.82) is 0 Å². The molecule has 1 aromatic carbocycles. The molecule has 1 unspecified atom stereocenters. The van der Waals surface area contributed by atoms with Crippen LogP contribution in [-0.2, 0) is 21.1 Å². The van der Waals surface area contributed by atoms with E-state index in [1.54, 1.807) is 6.92 Å². The van der Waals surface area contributed by atoms with Gasteiger partial charge in [-0.15, -0.1) is 0 Å². The van der Waals surface area contributed by atoms with Gasteiger partial charge in [0.05, 0.1) is 11.7 Å². The van der Waals surface area contributed by atoms with Crippen LogP contribution in [0.2, 0.25) is 0 Å². The smallest absolute Gasteiger partial charge is 0.306 e. The first-order chi connectivity index (χ1) is 9.34. The lowest BCUT2D eigenvalue weighted by molar-refractivity contribution is -0.141. The molecule has 0 spiro atoms. The molecule has 0 radical (unpaired) electrons. The molecular weight excluding hydrogens is 276 g/mol. The highest BCUT2D eigenvalue weighted by Gasteiger charge is 2.21. The fraction of sp³-hybridized carbons (Fsp3) is 0.533. The van der Waals surface area contributed by atoms with E-state index in [4.69, 9.17) is 0 Å². The number of carboxylic acids is 1. The quantitative estimate of drug-likeness (QED) is 0.800. The maximum Gasteiger partial charge on any atom is 0.306 e. The van der Waals surface area contributed by atoms with Crippen molar-refractivity contribution < 1.29 is 18.3 Å². The first-order valence-corrected chi connectivity index (χ1v) is 8.65. The third-order valence-electron chi connectivity index (χ3n) is 3.21. The average Bonchev–Trinajstić information content (AvgIpc) is 2.34. The number of hydrogen-bond acceptors (Lipinski definition) is 3. The normalized spacial score (nSPS) is 13.1. The Kier molecular flexibility index (Phi) is 6.20. The zero-order valence-electron chi connectivity index (χ0n) is 12.0. The maximum atomic E-state index is 11.7. The summed E-state index contributed by atoms with van der Waals surface area (Å²) in [4.78, 5) is 11.3. The molecule has 5 heteroatoms. The highest BCUT2D eigenvalue weighted by atomic mass is 32.2. The fourth-order valence-electron chi connectivity index (χ4n) is 2.17. The molecule has 0 aromatic heterocycles. The monoisotopic (exact) mass is 298 g/mol. The minimum Gasteiger partial charge on any atom is -0.481 e. The molecule has 112 valence electrons.